The molecule has 0 aromatic heterocycles. The Morgan fingerprint density at radius 2 is 1.39 bits per heavy atom. The molecular weight excluding hydrogens is 350 g/mol. The van der Waals surface area contributed by atoms with Crippen molar-refractivity contribution < 1.29 is 9.59 Å². The van der Waals surface area contributed by atoms with Gasteiger partial charge in [-0.05, 0) is 23.8 Å². The number of nitrogens with zero attached hydrogens (tertiary/aromatic N) is 2. The van der Waals surface area contributed by atoms with Gasteiger partial charge in [0, 0.05) is 11.1 Å². The summed E-state index contributed by atoms with van der Waals surface area (Å²) in [5.74, 6) is -0.417. The topological polar surface area (TPSA) is 61.8 Å². The number of nitrogens with one attached hydrogen (secondary N) is 1. The Balaban J connectivity index is 1.79. The molecule has 28 heavy (non-hydrogen) atoms. The third kappa shape index (κ3) is 3.59. The van der Waals surface area contributed by atoms with Gasteiger partial charge in [0.2, 0.25) is 0 Å². The highest BCUT2D eigenvalue weighted by molar-refractivity contribution is 6.17. The van der Waals surface area contributed by atoms with Crippen LogP contribution in [0.2, 0.25) is 0 Å². The summed E-state index contributed by atoms with van der Waals surface area (Å²) in [4.78, 5) is 30.2. The molecule has 3 aromatic carbocycles. The van der Waals surface area contributed by atoms with Crippen molar-refractivity contribution in [2.75, 3.05) is 0 Å². The highest BCUT2D eigenvalue weighted by Crippen LogP contribution is 2.18. The number of amidine groups is 1. The van der Waals surface area contributed by atoms with Crippen LogP contribution in [0.1, 0.15) is 21.5 Å². The van der Waals surface area contributed by atoms with Gasteiger partial charge < -0.3 is 0 Å². The van der Waals surface area contributed by atoms with Crippen LogP contribution in [0.4, 0.5) is 0 Å². The molecule has 0 radical (unpaired) electrons. The zero-order chi connectivity index (χ0) is 19.3. The average molecular weight is 367 g/mol. The van der Waals surface area contributed by atoms with Crippen molar-refractivity contribution in [3.05, 3.63) is 113 Å². The highest BCUT2D eigenvalue weighted by atomic mass is 16.2. The quantitative estimate of drug-likeness (QED) is 0.718. The zero-order valence-corrected chi connectivity index (χ0v) is 14.9. The second-order valence-electron chi connectivity index (χ2n) is 6.19. The lowest BCUT2D eigenvalue weighted by Gasteiger charge is -2.28. The first-order chi connectivity index (χ1) is 13.7. The molecule has 0 unspecified atom stereocenters. The second-order valence-corrected chi connectivity index (χ2v) is 6.19. The van der Waals surface area contributed by atoms with Gasteiger partial charge >= 0.3 is 0 Å². The van der Waals surface area contributed by atoms with Crippen molar-refractivity contribution >= 4 is 23.7 Å². The number of benzene rings is 3. The van der Waals surface area contributed by atoms with E-state index in [1.54, 1.807) is 30.3 Å². The minimum Gasteiger partial charge on any atom is -0.267 e. The van der Waals surface area contributed by atoms with Gasteiger partial charge in [-0.25, -0.2) is 4.99 Å². The Kier molecular flexibility index (Phi) is 4.80. The van der Waals surface area contributed by atoms with E-state index >= 15 is 0 Å². The molecule has 1 aliphatic heterocycles. The average Bonchev–Trinajstić information content (AvgIpc) is 2.76. The van der Waals surface area contributed by atoms with E-state index in [0.717, 1.165) is 11.1 Å². The molecule has 3 aromatic rings. The van der Waals surface area contributed by atoms with Crippen LogP contribution < -0.4 is 5.43 Å². The molecule has 0 saturated carbocycles. The molecule has 0 spiro atoms. The smallest absolute Gasteiger partial charge is 0.267 e. The van der Waals surface area contributed by atoms with Crippen LogP contribution in [0, 0.1) is 0 Å². The van der Waals surface area contributed by atoms with Gasteiger partial charge in [-0.2, -0.15) is 5.01 Å². The van der Waals surface area contributed by atoms with Crippen LogP contribution in [-0.2, 0) is 4.79 Å². The molecule has 136 valence electrons. The predicted octanol–water partition coefficient (Wildman–Crippen LogP) is 3.66. The van der Waals surface area contributed by atoms with E-state index in [1.807, 2.05) is 66.7 Å². The van der Waals surface area contributed by atoms with E-state index in [1.165, 1.54) is 5.01 Å². The summed E-state index contributed by atoms with van der Waals surface area (Å²) in [6, 6.07) is 27.6. The summed E-state index contributed by atoms with van der Waals surface area (Å²) >= 11 is 0. The molecule has 1 heterocycles. The number of aliphatic imine (C=N–C) groups is 1. The normalized spacial score (nSPS) is 15.1. The maximum atomic E-state index is 13.0. The minimum absolute atomic E-state index is 0.238. The second kappa shape index (κ2) is 7.72. The van der Waals surface area contributed by atoms with Crippen molar-refractivity contribution in [2.24, 2.45) is 4.99 Å². The Morgan fingerprint density at radius 1 is 0.821 bits per heavy atom. The lowest BCUT2D eigenvalue weighted by Crippen LogP contribution is -2.53. The fourth-order valence-electron chi connectivity index (χ4n) is 2.87. The molecule has 0 aliphatic carbocycles. The monoisotopic (exact) mass is 367 g/mol. The van der Waals surface area contributed by atoms with Crippen LogP contribution in [-0.4, -0.2) is 22.7 Å². The number of hydrazine groups is 1. The van der Waals surface area contributed by atoms with Crippen molar-refractivity contribution in [1.82, 2.24) is 10.4 Å². The van der Waals surface area contributed by atoms with Crippen molar-refractivity contribution in [3.8, 4) is 0 Å². The van der Waals surface area contributed by atoms with Crippen molar-refractivity contribution in [1.29, 1.82) is 0 Å². The first kappa shape index (κ1) is 17.4. The molecule has 0 fully saturated rings. The molecule has 5 heteroatoms. The summed E-state index contributed by atoms with van der Waals surface area (Å²) in [6.45, 7) is 0. The van der Waals surface area contributed by atoms with Gasteiger partial charge in [0.1, 0.15) is 5.70 Å². The number of hydrogen-bond acceptors (Lipinski definition) is 3. The van der Waals surface area contributed by atoms with Gasteiger partial charge in [0.15, 0.2) is 5.84 Å². The Morgan fingerprint density at radius 3 is 2.04 bits per heavy atom. The predicted molar refractivity (Wildman–Crippen MR) is 108 cm³/mol. The summed E-state index contributed by atoms with van der Waals surface area (Å²) in [5.41, 5.74) is 4.96. The molecule has 0 bridgehead atoms. The fourth-order valence-corrected chi connectivity index (χ4v) is 2.87. The molecule has 4 rings (SSSR count). The van der Waals surface area contributed by atoms with Gasteiger partial charge in [0.05, 0.1) is 0 Å². The number of carbonyl (C=O) groups excluding carboxylic acids is 2. The summed E-state index contributed by atoms with van der Waals surface area (Å²) in [6.07, 6.45) is 1.70. The van der Waals surface area contributed by atoms with Crippen LogP contribution in [0.25, 0.3) is 6.08 Å². The number of hydrogen-bond donors (Lipinski definition) is 1. The van der Waals surface area contributed by atoms with E-state index in [2.05, 4.69) is 10.4 Å². The number of carbonyl (C=O) groups is 2. The van der Waals surface area contributed by atoms with Gasteiger partial charge in [-0.15, -0.1) is 0 Å². The van der Waals surface area contributed by atoms with Crippen LogP contribution >= 0.6 is 0 Å². The molecule has 0 atom stereocenters. The Labute approximate surface area is 162 Å². The zero-order valence-electron chi connectivity index (χ0n) is 14.9. The third-order valence-electron chi connectivity index (χ3n) is 4.24. The van der Waals surface area contributed by atoms with Gasteiger partial charge in [-0.1, -0.05) is 78.9 Å². The van der Waals surface area contributed by atoms with E-state index in [-0.39, 0.29) is 11.6 Å². The molecule has 2 amide bonds. The Bertz CT molecular complexity index is 1060. The van der Waals surface area contributed by atoms with Crippen molar-refractivity contribution in [2.45, 2.75) is 0 Å². The number of amides is 2. The lowest BCUT2D eigenvalue weighted by atomic mass is 10.1. The maximum Gasteiger partial charge on any atom is 0.288 e. The van der Waals surface area contributed by atoms with Gasteiger partial charge in [0.25, 0.3) is 11.8 Å². The molecule has 1 N–H and O–H groups in total. The maximum absolute atomic E-state index is 13.0. The lowest BCUT2D eigenvalue weighted by molar-refractivity contribution is -0.120. The van der Waals surface area contributed by atoms with Gasteiger partial charge in [-0.3, -0.25) is 15.0 Å². The highest BCUT2D eigenvalue weighted by Gasteiger charge is 2.30. The summed E-state index contributed by atoms with van der Waals surface area (Å²) in [7, 11) is 0. The SMILES string of the molecule is O=C1NN(C(=O)c2ccccc2)C(c2ccccc2)=N/C1=C\c1ccccc1. The number of rotatable bonds is 3. The summed E-state index contributed by atoms with van der Waals surface area (Å²) < 4.78 is 0. The fraction of sp³-hybridized carbons (Fsp3) is 0. The van der Waals surface area contributed by atoms with E-state index in [0.29, 0.717) is 11.4 Å². The standard InChI is InChI=1S/C23H17N3O2/c27-22-20(16-17-10-4-1-5-11-17)24-21(18-12-6-2-7-13-18)26(25-22)23(28)19-14-8-3-9-15-19/h1-16H,(H,25,27)/b20-16-. The largest absolute Gasteiger partial charge is 0.288 e. The Hall–Kier alpha value is -3.99. The first-order valence-corrected chi connectivity index (χ1v) is 8.84. The molecule has 0 saturated heterocycles. The first-order valence-electron chi connectivity index (χ1n) is 8.84. The molecule has 5 nitrogen and oxygen atoms in total. The van der Waals surface area contributed by atoms with Crippen molar-refractivity contribution in [3.63, 3.8) is 0 Å². The molecular formula is C23H17N3O2. The van der Waals surface area contributed by atoms with E-state index < -0.39 is 5.91 Å². The molecule has 1 aliphatic rings. The minimum atomic E-state index is -0.437. The van der Waals surface area contributed by atoms with E-state index in [9.17, 15) is 9.59 Å². The van der Waals surface area contributed by atoms with Crippen LogP contribution in [0.3, 0.4) is 0 Å². The van der Waals surface area contributed by atoms with Crippen LogP contribution in [0.15, 0.2) is 102 Å². The van der Waals surface area contributed by atoms with E-state index in [4.69, 9.17) is 0 Å². The summed E-state index contributed by atoms with van der Waals surface area (Å²) in [5, 5.41) is 1.20. The van der Waals surface area contributed by atoms with Crippen LogP contribution in [0.5, 0.6) is 0 Å². The third-order valence-corrected chi connectivity index (χ3v) is 4.24.